The Labute approximate surface area is 109 Å². The van der Waals surface area contributed by atoms with Crippen molar-refractivity contribution in [2.24, 2.45) is 5.92 Å². The first kappa shape index (κ1) is 12.4. The zero-order valence-corrected chi connectivity index (χ0v) is 11.0. The van der Waals surface area contributed by atoms with Crippen LogP contribution in [0.5, 0.6) is 0 Å². The standard InChI is InChI=1S/C14H23NO3/c16-13(15-8-2-1-3-9-15)12-4-6-14(7-5-12)17-10-11-18-14/h12H,1-11H2. The van der Waals surface area contributed by atoms with Crippen molar-refractivity contribution < 1.29 is 14.3 Å². The molecule has 3 aliphatic rings. The van der Waals surface area contributed by atoms with E-state index in [0.29, 0.717) is 19.1 Å². The monoisotopic (exact) mass is 253 g/mol. The van der Waals surface area contributed by atoms with Gasteiger partial charge in [-0.05, 0) is 32.1 Å². The second-order valence-electron chi connectivity index (χ2n) is 5.77. The van der Waals surface area contributed by atoms with Crippen LogP contribution in [-0.2, 0) is 14.3 Å². The molecule has 0 N–H and O–H groups in total. The van der Waals surface area contributed by atoms with Gasteiger partial charge in [-0.15, -0.1) is 0 Å². The minimum absolute atomic E-state index is 0.210. The Kier molecular flexibility index (Phi) is 3.57. The van der Waals surface area contributed by atoms with Gasteiger partial charge in [0, 0.05) is 31.8 Å². The summed E-state index contributed by atoms with van der Waals surface area (Å²) in [7, 11) is 0. The van der Waals surface area contributed by atoms with Gasteiger partial charge in [0.05, 0.1) is 13.2 Å². The summed E-state index contributed by atoms with van der Waals surface area (Å²) in [4.78, 5) is 14.5. The number of rotatable bonds is 1. The first-order valence-corrected chi connectivity index (χ1v) is 7.36. The van der Waals surface area contributed by atoms with Crippen LogP contribution in [0.3, 0.4) is 0 Å². The molecule has 0 unspecified atom stereocenters. The SMILES string of the molecule is O=C(C1CCC2(CC1)OCCO2)N1CCCCC1. The van der Waals surface area contributed by atoms with Gasteiger partial charge in [0.15, 0.2) is 5.79 Å². The summed E-state index contributed by atoms with van der Waals surface area (Å²) < 4.78 is 11.4. The lowest BCUT2D eigenvalue weighted by molar-refractivity contribution is -0.185. The van der Waals surface area contributed by atoms with Gasteiger partial charge in [0.2, 0.25) is 5.91 Å². The maximum Gasteiger partial charge on any atom is 0.225 e. The Balaban J connectivity index is 1.53. The number of piperidine rings is 1. The van der Waals surface area contributed by atoms with Gasteiger partial charge in [0.25, 0.3) is 0 Å². The lowest BCUT2D eigenvalue weighted by atomic mass is 9.84. The van der Waals surface area contributed by atoms with Gasteiger partial charge >= 0.3 is 0 Å². The Morgan fingerprint density at radius 3 is 2.22 bits per heavy atom. The fourth-order valence-corrected chi connectivity index (χ4v) is 3.46. The molecule has 3 rings (SSSR count). The van der Waals surface area contributed by atoms with Crippen LogP contribution in [-0.4, -0.2) is 42.9 Å². The number of hydrogen-bond acceptors (Lipinski definition) is 3. The molecule has 0 atom stereocenters. The fraction of sp³-hybridized carbons (Fsp3) is 0.929. The fourth-order valence-electron chi connectivity index (χ4n) is 3.46. The molecular weight excluding hydrogens is 230 g/mol. The van der Waals surface area contributed by atoms with E-state index in [1.807, 2.05) is 0 Å². The number of ether oxygens (including phenoxy) is 2. The molecular formula is C14H23NO3. The number of amides is 1. The molecule has 1 spiro atoms. The highest BCUT2D eigenvalue weighted by atomic mass is 16.7. The van der Waals surface area contributed by atoms with E-state index in [0.717, 1.165) is 38.8 Å². The zero-order valence-electron chi connectivity index (χ0n) is 11.0. The Morgan fingerprint density at radius 2 is 1.61 bits per heavy atom. The van der Waals surface area contributed by atoms with E-state index < -0.39 is 0 Å². The summed E-state index contributed by atoms with van der Waals surface area (Å²) in [5.74, 6) is 0.252. The molecule has 0 radical (unpaired) electrons. The molecule has 2 saturated heterocycles. The van der Waals surface area contributed by atoms with Crippen LogP contribution in [0.4, 0.5) is 0 Å². The molecule has 1 aliphatic carbocycles. The van der Waals surface area contributed by atoms with Crippen molar-refractivity contribution in [2.45, 2.75) is 50.7 Å². The number of carbonyl (C=O) groups excluding carboxylic acids is 1. The van der Waals surface area contributed by atoms with Crippen molar-refractivity contribution in [2.75, 3.05) is 26.3 Å². The van der Waals surface area contributed by atoms with Crippen molar-refractivity contribution in [3.05, 3.63) is 0 Å². The number of carbonyl (C=O) groups is 1. The maximum atomic E-state index is 12.4. The van der Waals surface area contributed by atoms with Crippen LogP contribution in [0.15, 0.2) is 0 Å². The highest BCUT2D eigenvalue weighted by molar-refractivity contribution is 5.79. The third-order valence-electron chi connectivity index (χ3n) is 4.58. The van der Waals surface area contributed by atoms with Crippen LogP contribution >= 0.6 is 0 Å². The Morgan fingerprint density at radius 1 is 1.00 bits per heavy atom. The highest BCUT2D eigenvalue weighted by Gasteiger charge is 2.42. The van der Waals surface area contributed by atoms with Crippen molar-refractivity contribution in [1.82, 2.24) is 4.90 Å². The van der Waals surface area contributed by atoms with Crippen molar-refractivity contribution in [1.29, 1.82) is 0 Å². The summed E-state index contributed by atoms with van der Waals surface area (Å²) in [6, 6.07) is 0. The molecule has 4 nitrogen and oxygen atoms in total. The molecule has 0 bridgehead atoms. The van der Waals surface area contributed by atoms with E-state index in [1.54, 1.807) is 0 Å². The highest BCUT2D eigenvalue weighted by Crippen LogP contribution is 2.39. The van der Waals surface area contributed by atoms with Crippen molar-refractivity contribution >= 4 is 5.91 Å². The van der Waals surface area contributed by atoms with E-state index >= 15 is 0 Å². The molecule has 0 aromatic heterocycles. The summed E-state index contributed by atoms with van der Waals surface area (Å²) in [5, 5.41) is 0. The first-order chi connectivity index (χ1) is 8.79. The summed E-state index contributed by atoms with van der Waals surface area (Å²) in [5.41, 5.74) is 0. The number of hydrogen-bond donors (Lipinski definition) is 0. The molecule has 3 fully saturated rings. The summed E-state index contributed by atoms with van der Waals surface area (Å²) in [6.45, 7) is 3.36. The maximum absolute atomic E-state index is 12.4. The molecule has 4 heteroatoms. The zero-order chi connectivity index (χ0) is 12.4. The minimum Gasteiger partial charge on any atom is -0.348 e. The average molecular weight is 253 g/mol. The second kappa shape index (κ2) is 5.17. The lowest BCUT2D eigenvalue weighted by Gasteiger charge is -2.37. The Bertz CT molecular complexity index is 296. The van der Waals surface area contributed by atoms with Crippen LogP contribution in [0, 0.1) is 5.92 Å². The molecule has 2 aliphatic heterocycles. The molecule has 1 amide bonds. The normalized spacial score (nSPS) is 28.8. The van der Waals surface area contributed by atoms with Gasteiger partial charge in [-0.1, -0.05) is 0 Å². The molecule has 102 valence electrons. The number of nitrogens with zero attached hydrogens (tertiary/aromatic N) is 1. The predicted octanol–water partition coefficient (Wildman–Crippen LogP) is 1.93. The second-order valence-corrected chi connectivity index (χ2v) is 5.77. The minimum atomic E-state index is -0.335. The third kappa shape index (κ3) is 2.41. The van der Waals surface area contributed by atoms with Gasteiger partial charge in [-0.25, -0.2) is 0 Å². The summed E-state index contributed by atoms with van der Waals surface area (Å²) >= 11 is 0. The van der Waals surface area contributed by atoms with Gasteiger partial charge < -0.3 is 14.4 Å². The van der Waals surface area contributed by atoms with E-state index in [-0.39, 0.29) is 11.7 Å². The van der Waals surface area contributed by atoms with Crippen LogP contribution < -0.4 is 0 Å². The smallest absolute Gasteiger partial charge is 0.225 e. The van der Waals surface area contributed by atoms with Crippen LogP contribution in [0.2, 0.25) is 0 Å². The van der Waals surface area contributed by atoms with Gasteiger partial charge in [0.1, 0.15) is 0 Å². The summed E-state index contributed by atoms with van der Waals surface area (Å²) in [6.07, 6.45) is 7.25. The van der Waals surface area contributed by atoms with Gasteiger partial charge in [-0.2, -0.15) is 0 Å². The quantitative estimate of drug-likeness (QED) is 0.717. The molecule has 2 heterocycles. The lowest BCUT2D eigenvalue weighted by Crippen LogP contribution is -2.43. The van der Waals surface area contributed by atoms with E-state index in [2.05, 4.69) is 4.90 Å². The van der Waals surface area contributed by atoms with E-state index in [4.69, 9.17) is 9.47 Å². The third-order valence-corrected chi connectivity index (χ3v) is 4.58. The van der Waals surface area contributed by atoms with Crippen molar-refractivity contribution in [3.63, 3.8) is 0 Å². The molecule has 0 aromatic rings. The Hall–Kier alpha value is -0.610. The molecule has 1 saturated carbocycles. The largest absolute Gasteiger partial charge is 0.348 e. The predicted molar refractivity (Wildman–Crippen MR) is 67.0 cm³/mol. The first-order valence-electron chi connectivity index (χ1n) is 7.36. The van der Waals surface area contributed by atoms with Gasteiger partial charge in [-0.3, -0.25) is 4.79 Å². The van der Waals surface area contributed by atoms with E-state index in [1.165, 1.54) is 19.3 Å². The van der Waals surface area contributed by atoms with E-state index in [9.17, 15) is 4.79 Å². The number of likely N-dealkylation sites (tertiary alicyclic amines) is 1. The van der Waals surface area contributed by atoms with Crippen LogP contribution in [0.25, 0.3) is 0 Å². The topological polar surface area (TPSA) is 38.8 Å². The van der Waals surface area contributed by atoms with Crippen LogP contribution in [0.1, 0.15) is 44.9 Å². The molecule has 18 heavy (non-hydrogen) atoms. The molecule has 0 aromatic carbocycles. The average Bonchev–Trinajstić information content (AvgIpc) is 2.88. The van der Waals surface area contributed by atoms with Crippen molar-refractivity contribution in [3.8, 4) is 0 Å².